The molecule has 16 heavy (non-hydrogen) atoms. The quantitative estimate of drug-likeness (QED) is 0.638. The van der Waals surface area contributed by atoms with Gasteiger partial charge in [0, 0.05) is 6.04 Å². The van der Waals surface area contributed by atoms with Crippen molar-refractivity contribution in [2.75, 3.05) is 6.54 Å². The highest BCUT2D eigenvalue weighted by Gasteiger charge is 2.15. The van der Waals surface area contributed by atoms with Gasteiger partial charge < -0.3 is 5.32 Å². The van der Waals surface area contributed by atoms with Crippen LogP contribution in [0.4, 0.5) is 0 Å². The topological polar surface area (TPSA) is 35.8 Å². The van der Waals surface area contributed by atoms with E-state index in [2.05, 4.69) is 32.2 Å². The largest absolute Gasteiger partial charge is 0.314 e. The van der Waals surface area contributed by atoms with Crippen molar-refractivity contribution in [3.8, 4) is 6.07 Å². The molecule has 0 radical (unpaired) electrons. The Morgan fingerprint density at radius 1 is 1.19 bits per heavy atom. The van der Waals surface area contributed by atoms with Crippen molar-refractivity contribution in [3.05, 3.63) is 0 Å². The average molecular weight is 224 g/mol. The number of nitrogens with one attached hydrogen (secondary N) is 1. The van der Waals surface area contributed by atoms with Crippen molar-refractivity contribution in [2.24, 2.45) is 11.3 Å². The van der Waals surface area contributed by atoms with Crippen molar-refractivity contribution in [3.63, 3.8) is 0 Å². The molecule has 1 N–H and O–H groups in total. The van der Waals surface area contributed by atoms with Gasteiger partial charge >= 0.3 is 0 Å². The summed E-state index contributed by atoms with van der Waals surface area (Å²) in [5, 5.41) is 12.4. The van der Waals surface area contributed by atoms with Gasteiger partial charge in [0.25, 0.3) is 0 Å². The van der Waals surface area contributed by atoms with Gasteiger partial charge in [-0.15, -0.1) is 0 Å². The molecule has 0 amide bonds. The number of hydrogen-bond acceptors (Lipinski definition) is 2. The molecule has 0 aromatic carbocycles. The van der Waals surface area contributed by atoms with Crippen LogP contribution in [-0.4, -0.2) is 12.6 Å². The minimum absolute atomic E-state index is 0.164. The van der Waals surface area contributed by atoms with Crippen LogP contribution < -0.4 is 5.32 Å². The fraction of sp³-hybridized carbons (Fsp3) is 0.929. The molecule has 0 aliphatic rings. The third-order valence-corrected chi connectivity index (χ3v) is 2.95. The van der Waals surface area contributed by atoms with Gasteiger partial charge in [0.05, 0.1) is 11.5 Å². The maximum atomic E-state index is 8.88. The molecule has 1 unspecified atom stereocenters. The average Bonchev–Trinajstić information content (AvgIpc) is 2.21. The maximum absolute atomic E-state index is 8.88. The second-order valence-corrected chi connectivity index (χ2v) is 5.93. The number of hydrogen-bond donors (Lipinski definition) is 1. The molecule has 0 aliphatic heterocycles. The number of rotatable bonds is 8. The molecule has 0 saturated heterocycles. The summed E-state index contributed by atoms with van der Waals surface area (Å²) in [7, 11) is 0. The van der Waals surface area contributed by atoms with Gasteiger partial charge in [-0.05, 0) is 58.9 Å². The summed E-state index contributed by atoms with van der Waals surface area (Å²) in [5.41, 5.74) is -0.164. The van der Waals surface area contributed by atoms with E-state index >= 15 is 0 Å². The van der Waals surface area contributed by atoms with Crippen molar-refractivity contribution in [1.29, 1.82) is 5.26 Å². The molecule has 0 aromatic rings. The lowest BCUT2D eigenvalue weighted by atomic mass is 9.90. The Morgan fingerprint density at radius 2 is 1.81 bits per heavy atom. The summed E-state index contributed by atoms with van der Waals surface area (Å²) in [6, 6.07) is 2.95. The molecule has 94 valence electrons. The standard InChI is InChI=1S/C14H28N2/c1-12(2)7-8-13(3)16-10-6-9-14(4,5)11-15/h12-13,16H,6-10H2,1-5H3. The molecule has 0 fully saturated rings. The normalized spacial score (nSPS) is 13.8. The van der Waals surface area contributed by atoms with E-state index in [4.69, 9.17) is 5.26 Å². The Labute approximate surface area is 101 Å². The van der Waals surface area contributed by atoms with E-state index in [1.165, 1.54) is 12.8 Å². The molecule has 0 rings (SSSR count). The van der Waals surface area contributed by atoms with E-state index in [0.717, 1.165) is 25.3 Å². The van der Waals surface area contributed by atoms with E-state index in [0.29, 0.717) is 6.04 Å². The number of nitriles is 1. The van der Waals surface area contributed by atoms with Gasteiger partial charge in [-0.3, -0.25) is 0 Å². The zero-order chi connectivity index (χ0) is 12.6. The van der Waals surface area contributed by atoms with Crippen LogP contribution in [-0.2, 0) is 0 Å². The highest BCUT2D eigenvalue weighted by molar-refractivity contribution is 4.91. The minimum Gasteiger partial charge on any atom is -0.314 e. The lowest BCUT2D eigenvalue weighted by Crippen LogP contribution is -2.28. The predicted molar refractivity (Wildman–Crippen MR) is 70.2 cm³/mol. The van der Waals surface area contributed by atoms with Gasteiger partial charge in [0.2, 0.25) is 0 Å². The van der Waals surface area contributed by atoms with Crippen LogP contribution in [0.15, 0.2) is 0 Å². The minimum atomic E-state index is -0.164. The Hall–Kier alpha value is -0.550. The van der Waals surface area contributed by atoms with Gasteiger partial charge in [-0.1, -0.05) is 13.8 Å². The molecule has 2 nitrogen and oxygen atoms in total. The number of nitrogens with zero attached hydrogens (tertiary/aromatic N) is 1. The van der Waals surface area contributed by atoms with Crippen LogP contribution in [0.3, 0.4) is 0 Å². The first-order valence-electron chi connectivity index (χ1n) is 6.52. The van der Waals surface area contributed by atoms with Crippen LogP contribution in [0.5, 0.6) is 0 Å². The zero-order valence-electron chi connectivity index (χ0n) is 11.6. The first-order chi connectivity index (χ1) is 7.37. The molecule has 0 aromatic heterocycles. The van der Waals surface area contributed by atoms with Crippen molar-refractivity contribution in [1.82, 2.24) is 5.32 Å². The first kappa shape index (κ1) is 15.4. The van der Waals surface area contributed by atoms with Crippen molar-refractivity contribution >= 4 is 0 Å². The van der Waals surface area contributed by atoms with E-state index in [-0.39, 0.29) is 5.41 Å². The summed E-state index contributed by atoms with van der Waals surface area (Å²) in [6.45, 7) is 11.8. The second kappa shape index (κ2) is 7.68. The molecule has 0 aliphatic carbocycles. The smallest absolute Gasteiger partial charge is 0.0683 e. The Kier molecular flexibility index (Phi) is 7.42. The third kappa shape index (κ3) is 8.73. The fourth-order valence-corrected chi connectivity index (χ4v) is 1.62. The molecule has 0 heterocycles. The maximum Gasteiger partial charge on any atom is 0.0683 e. The summed E-state index contributed by atoms with van der Waals surface area (Å²) in [6.07, 6.45) is 4.61. The Bertz CT molecular complexity index is 213. The van der Waals surface area contributed by atoms with E-state index in [1.807, 2.05) is 13.8 Å². The molecule has 0 saturated carbocycles. The molecular weight excluding hydrogens is 196 g/mol. The van der Waals surface area contributed by atoms with Gasteiger partial charge in [-0.25, -0.2) is 0 Å². The Balaban J connectivity index is 3.49. The predicted octanol–water partition coefficient (Wildman–Crippen LogP) is 3.73. The van der Waals surface area contributed by atoms with Gasteiger partial charge in [0.15, 0.2) is 0 Å². The highest BCUT2D eigenvalue weighted by Crippen LogP contribution is 2.20. The van der Waals surface area contributed by atoms with E-state index in [1.54, 1.807) is 0 Å². The van der Waals surface area contributed by atoms with Crippen LogP contribution in [0.1, 0.15) is 60.3 Å². The van der Waals surface area contributed by atoms with Crippen LogP contribution in [0.25, 0.3) is 0 Å². The lowest BCUT2D eigenvalue weighted by molar-refractivity contribution is 0.401. The summed E-state index contributed by atoms with van der Waals surface area (Å²) in [5.74, 6) is 0.793. The second-order valence-electron chi connectivity index (χ2n) is 5.93. The summed E-state index contributed by atoms with van der Waals surface area (Å²) in [4.78, 5) is 0. The van der Waals surface area contributed by atoms with E-state index in [9.17, 15) is 0 Å². The highest BCUT2D eigenvalue weighted by atomic mass is 14.9. The van der Waals surface area contributed by atoms with Crippen LogP contribution in [0.2, 0.25) is 0 Å². The molecule has 0 spiro atoms. The van der Waals surface area contributed by atoms with Crippen LogP contribution in [0, 0.1) is 22.7 Å². The first-order valence-corrected chi connectivity index (χ1v) is 6.52. The summed E-state index contributed by atoms with van der Waals surface area (Å²) >= 11 is 0. The summed E-state index contributed by atoms with van der Waals surface area (Å²) < 4.78 is 0. The molecular formula is C14H28N2. The molecule has 0 bridgehead atoms. The lowest BCUT2D eigenvalue weighted by Gasteiger charge is -2.17. The van der Waals surface area contributed by atoms with Gasteiger partial charge in [0.1, 0.15) is 0 Å². The zero-order valence-corrected chi connectivity index (χ0v) is 11.6. The van der Waals surface area contributed by atoms with E-state index < -0.39 is 0 Å². The van der Waals surface area contributed by atoms with Crippen molar-refractivity contribution < 1.29 is 0 Å². The monoisotopic (exact) mass is 224 g/mol. The molecule has 2 heteroatoms. The van der Waals surface area contributed by atoms with Gasteiger partial charge in [-0.2, -0.15) is 5.26 Å². The fourth-order valence-electron chi connectivity index (χ4n) is 1.62. The third-order valence-electron chi connectivity index (χ3n) is 2.95. The Morgan fingerprint density at radius 3 is 2.31 bits per heavy atom. The SMILES string of the molecule is CC(C)CCC(C)NCCCC(C)(C)C#N. The molecule has 1 atom stereocenters. The van der Waals surface area contributed by atoms with Crippen LogP contribution >= 0.6 is 0 Å². The van der Waals surface area contributed by atoms with Crippen molar-refractivity contribution in [2.45, 2.75) is 66.3 Å².